The lowest BCUT2D eigenvalue weighted by Crippen LogP contribution is -2.37. The molecule has 1 atom stereocenters. The second-order valence-corrected chi connectivity index (χ2v) is 4.73. The molecule has 2 aromatic heterocycles. The van der Waals surface area contributed by atoms with Crippen LogP contribution in [0.3, 0.4) is 0 Å². The van der Waals surface area contributed by atoms with Crippen molar-refractivity contribution in [1.82, 2.24) is 14.7 Å². The van der Waals surface area contributed by atoms with E-state index in [4.69, 9.17) is 5.11 Å². The number of pyridine rings is 1. The smallest absolute Gasteiger partial charge is 0.226 e. The second-order valence-electron chi connectivity index (χ2n) is 4.73. The number of aromatic nitrogens is 2. The first kappa shape index (κ1) is 13.5. The number of imidazole rings is 1. The Hall–Kier alpha value is -1.88. The molecule has 0 aliphatic rings. The Balaban J connectivity index is 2.06. The Labute approximate surface area is 112 Å². The fourth-order valence-corrected chi connectivity index (χ4v) is 1.94. The fraction of sp³-hybridized carbons (Fsp3) is 0.429. The SMILES string of the molecule is CCC(CO)NC(=O)Cc1cn2ccc(C)cc2n1. The highest BCUT2D eigenvalue weighted by Gasteiger charge is 2.11. The van der Waals surface area contributed by atoms with Crippen molar-refractivity contribution in [1.29, 1.82) is 0 Å². The molecule has 0 radical (unpaired) electrons. The summed E-state index contributed by atoms with van der Waals surface area (Å²) >= 11 is 0. The van der Waals surface area contributed by atoms with Gasteiger partial charge in [0, 0.05) is 12.4 Å². The number of aliphatic hydroxyl groups excluding tert-OH is 1. The third-order valence-corrected chi connectivity index (χ3v) is 3.09. The second kappa shape index (κ2) is 5.84. The van der Waals surface area contributed by atoms with Crippen LogP contribution in [-0.2, 0) is 11.2 Å². The van der Waals surface area contributed by atoms with Crippen molar-refractivity contribution in [3.8, 4) is 0 Å². The summed E-state index contributed by atoms with van der Waals surface area (Å²) in [5.41, 5.74) is 2.72. The van der Waals surface area contributed by atoms with E-state index in [0.717, 1.165) is 16.9 Å². The number of carbonyl (C=O) groups excluding carboxylic acids is 1. The van der Waals surface area contributed by atoms with Crippen molar-refractivity contribution in [2.24, 2.45) is 0 Å². The first-order chi connectivity index (χ1) is 9.12. The molecule has 2 aromatic rings. The van der Waals surface area contributed by atoms with Crippen molar-refractivity contribution >= 4 is 11.6 Å². The molecule has 5 heteroatoms. The molecule has 0 aromatic carbocycles. The van der Waals surface area contributed by atoms with Crippen molar-refractivity contribution in [3.63, 3.8) is 0 Å². The first-order valence-corrected chi connectivity index (χ1v) is 6.46. The minimum absolute atomic E-state index is 0.0351. The number of aryl methyl sites for hydroxylation is 1. The van der Waals surface area contributed by atoms with Crippen LogP contribution < -0.4 is 5.32 Å². The molecule has 2 heterocycles. The summed E-state index contributed by atoms with van der Waals surface area (Å²) in [5, 5.41) is 11.8. The molecular formula is C14H19N3O2. The van der Waals surface area contributed by atoms with E-state index in [1.54, 1.807) is 0 Å². The Bertz CT molecular complexity index is 573. The van der Waals surface area contributed by atoms with Crippen LogP contribution in [-0.4, -0.2) is 33.0 Å². The molecule has 102 valence electrons. The highest BCUT2D eigenvalue weighted by atomic mass is 16.3. The molecule has 0 bridgehead atoms. The van der Waals surface area contributed by atoms with Gasteiger partial charge in [0.1, 0.15) is 5.65 Å². The van der Waals surface area contributed by atoms with E-state index < -0.39 is 0 Å². The van der Waals surface area contributed by atoms with E-state index >= 15 is 0 Å². The zero-order valence-corrected chi connectivity index (χ0v) is 11.3. The Morgan fingerprint density at radius 3 is 3.05 bits per heavy atom. The average Bonchev–Trinajstić information content (AvgIpc) is 2.77. The Morgan fingerprint density at radius 1 is 1.58 bits per heavy atom. The fourth-order valence-electron chi connectivity index (χ4n) is 1.94. The maximum Gasteiger partial charge on any atom is 0.226 e. The van der Waals surface area contributed by atoms with Gasteiger partial charge >= 0.3 is 0 Å². The number of aliphatic hydroxyl groups is 1. The number of hydrogen-bond acceptors (Lipinski definition) is 3. The highest BCUT2D eigenvalue weighted by molar-refractivity contribution is 5.78. The normalized spacial score (nSPS) is 12.6. The molecule has 1 amide bonds. The maximum absolute atomic E-state index is 11.8. The van der Waals surface area contributed by atoms with Gasteiger partial charge in [0.2, 0.25) is 5.91 Å². The molecule has 2 rings (SSSR count). The predicted molar refractivity (Wildman–Crippen MR) is 72.9 cm³/mol. The van der Waals surface area contributed by atoms with Crippen molar-refractivity contribution < 1.29 is 9.90 Å². The summed E-state index contributed by atoms with van der Waals surface area (Å²) in [4.78, 5) is 16.2. The van der Waals surface area contributed by atoms with Crippen molar-refractivity contribution in [2.75, 3.05) is 6.61 Å². The van der Waals surface area contributed by atoms with Crippen LogP contribution in [0.4, 0.5) is 0 Å². The molecule has 0 aliphatic heterocycles. The molecule has 0 saturated heterocycles. The standard InChI is InChI=1S/C14H19N3O2/c1-3-11(9-18)16-14(19)7-12-8-17-5-4-10(2)6-13(17)15-12/h4-6,8,11,18H,3,7,9H2,1-2H3,(H,16,19). The largest absolute Gasteiger partial charge is 0.394 e. The quantitative estimate of drug-likeness (QED) is 0.846. The van der Waals surface area contributed by atoms with Gasteiger partial charge in [0.15, 0.2) is 0 Å². The number of hydrogen-bond donors (Lipinski definition) is 2. The van der Waals surface area contributed by atoms with Gasteiger partial charge in [-0.05, 0) is 31.0 Å². The van der Waals surface area contributed by atoms with E-state index in [1.807, 2.05) is 42.8 Å². The molecule has 2 N–H and O–H groups in total. The summed E-state index contributed by atoms with van der Waals surface area (Å²) in [6, 6.07) is 3.80. The van der Waals surface area contributed by atoms with E-state index in [2.05, 4.69) is 10.3 Å². The zero-order chi connectivity index (χ0) is 13.8. The van der Waals surface area contributed by atoms with Crippen molar-refractivity contribution in [3.05, 3.63) is 35.8 Å². The predicted octanol–water partition coefficient (Wildman–Crippen LogP) is 1.07. The number of amides is 1. The number of carbonyl (C=O) groups is 1. The monoisotopic (exact) mass is 261 g/mol. The summed E-state index contributed by atoms with van der Waals surface area (Å²) in [6.45, 7) is 3.90. The van der Waals surface area contributed by atoms with Crippen molar-refractivity contribution in [2.45, 2.75) is 32.7 Å². The topological polar surface area (TPSA) is 66.6 Å². The zero-order valence-electron chi connectivity index (χ0n) is 11.3. The lowest BCUT2D eigenvalue weighted by Gasteiger charge is -2.13. The lowest BCUT2D eigenvalue weighted by molar-refractivity contribution is -0.121. The van der Waals surface area contributed by atoms with Gasteiger partial charge in [-0.25, -0.2) is 4.98 Å². The van der Waals surface area contributed by atoms with Gasteiger partial charge in [-0.15, -0.1) is 0 Å². The number of rotatable bonds is 5. The van der Waals surface area contributed by atoms with Gasteiger partial charge in [-0.1, -0.05) is 6.92 Å². The molecule has 19 heavy (non-hydrogen) atoms. The number of fused-ring (bicyclic) bond motifs is 1. The molecule has 0 fully saturated rings. The molecule has 0 saturated carbocycles. The third kappa shape index (κ3) is 3.32. The van der Waals surface area contributed by atoms with Crippen LogP contribution in [0.1, 0.15) is 24.6 Å². The van der Waals surface area contributed by atoms with E-state index in [1.165, 1.54) is 0 Å². The van der Waals surface area contributed by atoms with Gasteiger partial charge in [0.05, 0.1) is 24.8 Å². The molecule has 5 nitrogen and oxygen atoms in total. The minimum atomic E-state index is -0.174. The maximum atomic E-state index is 11.8. The van der Waals surface area contributed by atoms with Gasteiger partial charge in [0.25, 0.3) is 0 Å². The molecule has 0 spiro atoms. The van der Waals surface area contributed by atoms with E-state index in [9.17, 15) is 4.79 Å². The average molecular weight is 261 g/mol. The first-order valence-electron chi connectivity index (χ1n) is 6.46. The summed E-state index contributed by atoms with van der Waals surface area (Å²) in [7, 11) is 0. The van der Waals surface area contributed by atoms with Crippen LogP contribution in [0.5, 0.6) is 0 Å². The minimum Gasteiger partial charge on any atom is -0.394 e. The Morgan fingerprint density at radius 2 is 2.37 bits per heavy atom. The Kier molecular flexibility index (Phi) is 4.16. The summed E-state index contributed by atoms with van der Waals surface area (Å²) in [5.74, 6) is -0.110. The summed E-state index contributed by atoms with van der Waals surface area (Å²) < 4.78 is 1.90. The van der Waals surface area contributed by atoms with E-state index in [-0.39, 0.29) is 25.0 Å². The number of nitrogens with zero attached hydrogens (tertiary/aromatic N) is 2. The third-order valence-electron chi connectivity index (χ3n) is 3.09. The van der Waals surface area contributed by atoms with Crippen LogP contribution in [0.15, 0.2) is 24.5 Å². The molecule has 1 unspecified atom stereocenters. The highest BCUT2D eigenvalue weighted by Crippen LogP contribution is 2.08. The number of nitrogens with one attached hydrogen (secondary N) is 1. The molecular weight excluding hydrogens is 242 g/mol. The molecule has 0 aliphatic carbocycles. The van der Waals surface area contributed by atoms with Gasteiger partial charge in [-0.3, -0.25) is 4.79 Å². The van der Waals surface area contributed by atoms with Crippen LogP contribution in [0.2, 0.25) is 0 Å². The summed E-state index contributed by atoms with van der Waals surface area (Å²) in [6.07, 6.45) is 4.74. The van der Waals surface area contributed by atoms with Gasteiger partial charge in [-0.2, -0.15) is 0 Å². The lowest BCUT2D eigenvalue weighted by atomic mass is 10.2. The van der Waals surface area contributed by atoms with Crippen LogP contribution in [0.25, 0.3) is 5.65 Å². The van der Waals surface area contributed by atoms with E-state index in [0.29, 0.717) is 6.42 Å². The van der Waals surface area contributed by atoms with Gasteiger partial charge < -0.3 is 14.8 Å². The van der Waals surface area contributed by atoms with Crippen LogP contribution in [0, 0.1) is 6.92 Å². The van der Waals surface area contributed by atoms with Crippen LogP contribution >= 0.6 is 0 Å².